The van der Waals surface area contributed by atoms with Crippen LogP contribution in [-0.2, 0) is 10.1 Å². The van der Waals surface area contributed by atoms with E-state index in [4.69, 9.17) is 32.5 Å². The van der Waals surface area contributed by atoms with Gasteiger partial charge in [-0.2, -0.15) is 8.42 Å². The van der Waals surface area contributed by atoms with E-state index < -0.39 is 33.2 Å². The van der Waals surface area contributed by atoms with Crippen LogP contribution in [0.1, 0.15) is 31.1 Å². The Labute approximate surface area is 157 Å². The first-order chi connectivity index (χ1) is 11.3. The maximum absolute atomic E-state index is 12.5. The Hall–Kier alpha value is -1.28. The Balaban J connectivity index is 3.07. The second-order valence-electron chi connectivity index (χ2n) is 6.51. The Morgan fingerprint density at radius 2 is 1.88 bits per heavy atom. The molecule has 2 N–H and O–H groups in total. The molecule has 0 saturated heterocycles. The molecule has 1 aromatic rings. The van der Waals surface area contributed by atoms with Gasteiger partial charge in [0, 0.05) is 5.56 Å². The van der Waals surface area contributed by atoms with E-state index in [2.05, 4.69) is 11.9 Å². The van der Waals surface area contributed by atoms with Gasteiger partial charge in [0.1, 0.15) is 6.61 Å². The standard InChI is InChI=1S/C16H21Cl2NO5S/c1-5-6-24-14-11(17)7-10(8-12(14)18)15(20)19-13(16(2,3)4)9-25(21,22)23/h5,7-8,13H,1,6,9H2,2-4H3,(H,19,20)(H,21,22,23)/t13-/m1/s1. The second-order valence-corrected chi connectivity index (χ2v) is 8.82. The highest BCUT2D eigenvalue weighted by Crippen LogP contribution is 2.34. The summed E-state index contributed by atoms with van der Waals surface area (Å²) in [5.41, 5.74) is -0.461. The number of rotatable bonds is 7. The largest absolute Gasteiger partial charge is 0.486 e. The van der Waals surface area contributed by atoms with Crippen molar-refractivity contribution in [1.29, 1.82) is 0 Å². The molecule has 140 valence electrons. The summed E-state index contributed by atoms with van der Waals surface area (Å²) in [6, 6.07) is 1.92. The molecule has 1 atom stereocenters. The minimum atomic E-state index is -4.26. The first kappa shape index (κ1) is 21.8. The van der Waals surface area contributed by atoms with E-state index in [1.807, 2.05) is 0 Å². The van der Waals surface area contributed by atoms with E-state index in [1.54, 1.807) is 20.8 Å². The molecule has 1 rings (SSSR count). The molecule has 0 radical (unpaired) electrons. The second kappa shape index (κ2) is 8.40. The van der Waals surface area contributed by atoms with Crippen molar-refractivity contribution in [3.63, 3.8) is 0 Å². The van der Waals surface area contributed by atoms with E-state index in [9.17, 15) is 13.2 Å². The highest BCUT2D eigenvalue weighted by Gasteiger charge is 2.31. The smallest absolute Gasteiger partial charge is 0.266 e. The van der Waals surface area contributed by atoms with Gasteiger partial charge in [-0.3, -0.25) is 9.35 Å². The van der Waals surface area contributed by atoms with E-state index in [0.29, 0.717) is 0 Å². The van der Waals surface area contributed by atoms with Gasteiger partial charge < -0.3 is 10.1 Å². The first-order valence-electron chi connectivity index (χ1n) is 7.34. The topological polar surface area (TPSA) is 92.7 Å². The average Bonchev–Trinajstić information content (AvgIpc) is 2.43. The number of carbonyl (C=O) groups is 1. The van der Waals surface area contributed by atoms with Gasteiger partial charge in [-0.05, 0) is 17.5 Å². The molecule has 6 nitrogen and oxygen atoms in total. The third kappa shape index (κ3) is 6.86. The Morgan fingerprint density at radius 3 is 2.28 bits per heavy atom. The van der Waals surface area contributed by atoms with Crippen molar-refractivity contribution in [3.05, 3.63) is 40.4 Å². The third-order valence-electron chi connectivity index (χ3n) is 3.33. The zero-order valence-electron chi connectivity index (χ0n) is 14.2. The van der Waals surface area contributed by atoms with Crippen LogP contribution in [0, 0.1) is 5.41 Å². The molecule has 0 unspecified atom stereocenters. The molecule has 1 amide bonds. The third-order valence-corrected chi connectivity index (χ3v) is 4.65. The number of benzene rings is 1. The van der Waals surface area contributed by atoms with Gasteiger partial charge in [-0.25, -0.2) is 0 Å². The minimum Gasteiger partial charge on any atom is -0.486 e. The molecule has 9 heteroatoms. The number of halogens is 2. The van der Waals surface area contributed by atoms with Crippen LogP contribution < -0.4 is 10.1 Å². The lowest BCUT2D eigenvalue weighted by Gasteiger charge is -2.30. The van der Waals surface area contributed by atoms with Crippen molar-refractivity contribution in [1.82, 2.24) is 5.32 Å². The van der Waals surface area contributed by atoms with Gasteiger partial charge in [0.15, 0.2) is 5.75 Å². The van der Waals surface area contributed by atoms with Crippen LogP contribution >= 0.6 is 23.2 Å². The van der Waals surface area contributed by atoms with Gasteiger partial charge in [0.05, 0.1) is 21.8 Å². The fourth-order valence-electron chi connectivity index (χ4n) is 1.93. The molecule has 1 aromatic carbocycles. The summed E-state index contributed by atoms with van der Waals surface area (Å²) in [5, 5.41) is 2.88. The van der Waals surface area contributed by atoms with Crippen molar-refractivity contribution in [3.8, 4) is 5.75 Å². The van der Waals surface area contributed by atoms with Crippen LogP contribution in [0.25, 0.3) is 0 Å². The van der Waals surface area contributed by atoms with Gasteiger partial charge in [-0.1, -0.05) is 56.6 Å². The first-order valence-corrected chi connectivity index (χ1v) is 9.70. The summed E-state index contributed by atoms with van der Waals surface area (Å²) >= 11 is 12.2. The molecule has 0 aliphatic rings. The summed E-state index contributed by atoms with van der Waals surface area (Å²) in [6.07, 6.45) is 1.52. The number of nitrogens with one attached hydrogen (secondary N) is 1. The Morgan fingerprint density at radius 1 is 1.36 bits per heavy atom. The zero-order chi connectivity index (χ0) is 19.4. The summed E-state index contributed by atoms with van der Waals surface area (Å²) < 4.78 is 36.8. The molecular weight excluding hydrogens is 389 g/mol. The molecule has 0 fully saturated rings. The van der Waals surface area contributed by atoms with Gasteiger partial charge in [-0.15, -0.1) is 0 Å². The lowest BCUT2D eigenvalue weighted by atomic mass is 9.87. The summed E-state index contributed by atoms with van der Waals surface area (Å²) in [5.74, 6) is -0.947. The quantitative estimate of drug-likeness (QED) is 0.530. The van der Waals surface area contributed by atoms with Crippen molar-refractivity contribution in [2.45, 2.75) is 26.8 Å². The Kier molecular flexibility index (Phi) is 7.31. The number of ether oxygens (including phenoxy) is 1. The number of amides is 1. The molecule has 0 heterocycles. The van der Waals surface area contributed by atoms with Crippen molar-refractivity contribution >= 4 is 39.2 Å². The van der Waals surface area contributed by atoms with Crippen LogP contribution in [0.3, 0.4) is 0 Å². The van der Waals surface area contributed by atoms with Crippen molar-refractivity contribution in [2.24, 2.45) is 5.41 Å². The summed E-state index contributed by atoms with van der Waals surface area (Å²) in [7, 11) is -4.26. The monoisotopic (exact) mass is 409 g/mol. The predicted molar refractivity (Wildman–Crippen MR) is 99.3 cm³/mol. The summed E-state index contributed by atoms with van der Waals surface area (Å²) in [4.78, 5) is 12.5. The van der Waals surface area contributed by atoms with E-state index >= 15 is 0 Å². The number of hydrogen-bond acceptors (Lipinski definition) is 4. The van der Waals surface area contributed by atoms with Crippen molar-refractivity contribution < 1.29 is 22.5 Å². The lowest BCUT2D eigenvalue weighted by Crippen LogP contribution is -2.47. The van der Waals surface area contributed by atoms with E-state index in [-0.39, 0.29) is 28.0 Å². The van der Waals surface area contributed by atoms with Crippen LogP contribution in [0.4, 0.5) is 0 Å². The fourth-order valence-corrected chi connectivity index (χ4v) is 3.53. The molecule has 0 spiro atoms. The van der Waals surface area contributed by atoms with E-state index in [1.165, 1.54) is 18.2 Å². The van der Waals surface area contributed by atoms with Crippen LogP contribution in [0.5, 0.6) is 5.75 Å². The normalized spacial score (nSPS) is 13.2. The predicted octanol–water partition coefficient (Wildman–Crippen LogP) is 3.59. The fraction of sp³-hybridized carbons (Fsp3) is 0.438. The summed E-state index contributed by atoms with van der Waals surface area (Å²) in [6.45, 7) is 8.96. The van der Waals surface area contributed by atoms with Crippen LogP contribution in [0.2, 0.25) is 10.0 Å². The van der Waals surface area contributed by atoms with Crippen LogP contribution in [-0.4, -0.2) is 37.3 Å². The molecule has 0 aromatic heterocycles. The average molecular weight is 410 g/mol. The highest BCUT2D eigenvalue weighted by atomic mass is 35.5. The molecule has 25 heavy (non-hydrogen) atoms. The van der Waals surface area contributed by atoms with Crippen molar-refractivity contribution in [2.75, 3.05) is 12.4 Å². The highest BCUT2D eigenvalue weighted by molar-refractivity contribution is 7.85. The maximum atomic E-state index is 12.5. The maximum Gasteiger partial charge on any atom is 0.266 e. The Bertz CT molecular complexity index is 733. The van der Waals surface area contributed by atoms with Crippen LogP contribution in [0.15, 0.2) is 24.8 Å². The number of carbonyl (C=O) groups excluding carboxylic acids is 1. The molecule has 0 aliphatic carbocycles. The van der Waals surface area contributed by atoms with Gasteiger partial charge in [0.2, 0.25) is 0 Å². The van der Waals surface area contributed by atoms with Gasteiger partial charge in [0.25, 0.3) is 16.0 Å². The minimum absolute atomic E-state index is 0.140. The van der Waals surface area contributed by atoms with E-state index in [0.717, 1.165) is 0 Å². The van der Waals surface area contributed by atoms with Gasteiger partial charge >= 0.3 is 0 Å². The molecule has 0 aliphatic heterocycles. The lowest BCUT2D eigenvalue weighted by molar-refractivity contribution is 0.0911. The molecular formula is C16H21Cl2NO5S. The number of hydrogen-bond donors (Lipinski definition) is 2. The SMILES string of the molecule is C=CCOc1c(Cl)cc(C(=O)N[C@H](CS(=O)(=O)O)C(C)(C)C)cc1Cl. The molecule has 0 bridgehead atoms. The molecule has 0 saturated carbocycles. The zero-order valence-corrected chi connectivity index (χ0v) is 16.5.